The molecule has 0 saturated heterocycles. The van der Waals surface area contributed by atoms with Gasteiger partial charge < -0.3 is 9.90 Å². The molecule has 0 aliphatic carbocycles. The summed E-state index contributed by atoms with van der Waals surface area (Å²) < 4.78 is 0. The Morgan fingerprint density at radius 1 is 1.62 bits per heavy atom. The first kappa shape index (κ1) is 16.4. The van der Waals surface area contributed by atoms with Crippen molar-refractivity contribution < 1.29 is 39.5 Å². The fourth-order valence-corrected chi connectivity index (χ4v) is 0.204. The number of carbonyl (C=O) groups is 1. The summed E-state index contributed by atoms with van der Waals surface area (Å²) in [6.45, 7) is 1.80. The molecule has 0 saturated carbocycles. The molecule has 0 atom stereocenters. The monoisotopic (exact) mass is 152 g/mol. The molecule has 0 N–H and O–H groups in total. The van der Waals surface area contributed by atoms with Gasteiger partial charge in [-0.1, -0.05) is 13.3 Å². The number of carbonyl (C=O) groups excluding carboxylic acids is 1. The standard InChI is InChI=1S/C4H8O2.Ca.Na.2H/c1-2-3-4(5)6;;;;/h2-3H2,1H3,(H,5,6);;;;/q;;+1;;/p-1. The summed E-state index contributed by atoms with van der Waals surface area (Å²) in [4.78, 5) is 9.49. The molecule has 0 aromatic rings. The second kappa shape index (κ2) is 11.5. The van der Waals surface area contributed by atoms with Crippen LogP contribution in [0.2, 0.25) is 0 Å². The maximum Gasteiger partial charge on any atom is 1.00 e. The molecule has 0 aliphatic heterocycles. The van der Waals surface area contributed by atoms with Crippen LogP contribution in [0.5, 0.6) is 0 Å². The van der Waals surface area contributed by atoms with Gasteiger partial charge in [0, 0.05) is 5.97 Å². The maximum atomic E-state index is 9.49. The van der Waals surface area contributed by atoms with Crippen molar-refractivity contribution in [2.24, 2.45) is 0 Å². The Morgan fingerprint density at radius 2 is 2.00 bits per heavy atom. The molecule has 2 nitrogen and oxygen atoms in total. The largest absolute Gasteiger partial charge is 1.00 e. The van der Waals surface area contributed by atoms with Gasteiger partial charge >= 0.3 is 67.3 Å². The molecule has 0 unspecified atom stereocenters. The number of hydrogen-bond donors (Lipinski definition) is 0. The van der Waals surface area contributed by atoms with Gasteiger partial charge in [-0.2, -0.15) is 0 Å². The predicted molar refractivity (Wildman–Crippen MR) is 28.5 cm³/mol. The Balaban J connectivity index is -0.000000125. The SMILES string of the molecule is CCCC(=O)[O-].[CaH2].[Na+]. The molecule has 0 aromatic heterocycles. The Labute approximate surface area is 101 Å². The molecule has 40 valence electrons. The quantitative estimate of drug-likeness (QED) is 0.375. The number of carboxylic acid groups (broad SMARTS) is 1. The van der Waals surface area contributed by atoms with Crippen LogP contribution >= 0.6 is 0 Å². The summed E-state index contributed by atoms with van der Waals surface area (Å²) in [7, 11) is 0. The maximum absolute atomic E-state index is 9.49. The van der Waals surface area contributed by atoms with Crippen molar-refractivity contribution in [2.45, 2.75) is 19.8 Å². The van der Waals surface area contributed by atoms with Crippen LogP contribution in [-0.4, -0.2) is 43.7 Å². The van der Waals surface area contributed by atoms with E-state index in [-0.39, 0.29) is 73.7 Å². The van der Waals surface area contributed by atoms with Gasteiger partial charge in [-0.3, -0.25) is 0 Å². The second-order valence-electron chi connectivity index (χ2n) is 1.12. The van der Waals surface area contributed by atoms with E-state index in [1.165, 1.54) is 0 Å². The van der Waals surface area contributed by atoms with Crippen LogP contribution < -0.4 is 34.7 Å². The van der Waals surface area contributed by atoms with E-state index in [0.29, 0.717) is 6.42 Å². The minimum absolute atomic E-state index is 0. The number of rotatable bonds is 2. The minimum atomic E-state index is -0.961. The Hall–Kier alpha value is 1.73. The van der Waals surface area contributed by atoms with E-state index >= 15 is 0 Å². The van der Waals surface area contributed by atoms with Gasteiger partial charge in [0.05, 0.1) is 0 Å². The van der Waals surface area contributed by atoms with E-state index in [2.05, 4.69) is 0 Å². The Bertz CT molecular complexity index is 58.0. The topological polar surface area (TPSA) is 40.1 Å². The van der Waals surface area contributed by atoms with Crippen molar-refractivity contribution in [2.75, 3.05) is 0 Å². The molecular formula is C4H9CaNaO2. The summed E-state index contributed by atoms with van der Waals surface area (Å²) in [5, 5.41) is 9.49. The van der Waals surface area contributed by atoms with Gasteiger partial charge in [0.25, 0.3) is 0 Å². The summed E-state index contributed by atoms with van der Waals surface area (Å²) >= 11 is 0. The molecule has 0 bridgehead atoms. The molecule has 0 rings (SSSR count). The molecule has 0 radical (unpaired) electrons. The van der Waals surface area contributed by atoms with Gasteiger partial charge in [-0.25, -0.2) is 0 Å². The van der Waals surface area contributed by atoms with E-state index < -0.39 is 5.97 Å². The predicted octanol–water partition coefficient (Wildman–Crippen LogP) is -4.38. The minimum Gasteiger partial charge on any atom is 1.00 e. The zero-order chi connectivity index (χ0) is 4.99. The van der Waals surface area contributed by atoms with E-state index in [1.807, 2.05) is 0 Å². The van der Waals surface area contributed by atoms with Crippen LogP contribution in [0, 0.1) is 0 Å². The van der Waals surface area contributed by atoms with Gasteiger partial charge in [0.1, 0.15) is 0 Å². The molecule has 0 amide bonds. The van der Waals surface area contributed by atoms with Gasteiger partial charge in [0.15, 0.2) is 0 Å². The average molecular weight is 152 g/mol. The van der Waals surface area contributed by atoms with Crippen LogP contribution in [-0.2, 0) is 4.79 Å². The Morgan fingerprint density at radius 3 is 2.00 bits per heavy atom. The smallest absolute Gasteiger partial charge is 1.00 e. The molecule has 0 fully saturated rings. The van der Waals surface area contributed by atoms with Crippen molar-refractivity contribution in [3.63, 3.8) is 0 Å². The van der Waals surface area contributed by atoms with Crippen LogP contribution in [0.1, 0.15) is 19.8 Å². The fourth-order valence-electron chi connectivity index (χ4n) is 0.204. The summed E-state index contributed by atoms with van der Waals surface area (Å²) in [6.07, 6.45) is 0.850. The molecule has 8 heavy (non-hydrogen) atoms. The van der Waals surface area contributed by atoms with Crippen molar-refractivity contribution >= 4 is 43.7 Å². The molecule has 4 heteroatoms. The summed E-state index contributed by atoms with van der Waals surface area (Å²) in [6, 6.07) is 0. The summed E-state index contributed by atoms with van der Waals surface area (Å²) in [5.41, 5.74) is 0. The number of aliphatic carboxylic acids is 1. The van der Waals surface area contributed by atoms with Gasteiger partial charge in [-0.15, -0.1) is 0 Å². The third kappa shape index (κ3) is 15.6. The number of carboxylic acids is 1. The normalized spacial score (nSPS) is 6.12. The number of hydrogen-bond acceptors (Lipinski definition) is 2. The molecular weight excluding hydrogens is 143 g/mol. The molecule has 0 aromatic carbocycles. The van der Waals surface area contributed by atoms with E-state index in [4.69, 9.17) is 0 Å². The van der Waals surface area contributed by atoms with Crippen molar-refractivity contribution in [1.82, 2.24) is 0 Å². The van der Waals surface area contributed by atoms with Crippen molar-refractivity contribution in [1.29, 1.82) is 0 Å². The van der Waals surface area contributed by atoms with Gasteiger partial charge in [0.2, 0.25) is 0 Å². The second-order valence-corrected chi connectivity index (χ2v) is 1.12. The zero-order valence-corrected chi connectivity index (χ0v) is 6.73. The third-order valence-corrected chi connectivity index (χ3v) is 0.454. The molecule has 0 heterocycles. The first-order chi connectivity index (χ1) is 2.77. The van der Waals surface area contributed by atoms with Crippen LogP contribution in [0.4, 0.5) is 0 Å². The van der Waals surface area contributed by atoms with Gasteiger partial charge in [-0.05, 0) is 6.42 Å². The first-order valence-corrected chi connectivity index (χ1v) is 1.97. The van der Waals surface area contributed by atoms with E-state index in [0.717, 1.165) is 0 Å². The average Bonchev–Trinajstić information content (AvgIpc) is 1.35. The molecule has 0 aliphatic rings. The molecule has 0 spiro atoms. The van der Waals surface area contributed by atoms with E-state index in [9.17, 15) is 9.90 Å². The van der Waals surface area contributed by atoms with Crippen LogP contribution in [0.25, 0.3) is 0 Å². The third-order valence-electron chi connectivity index (χ3n) is 0.454. The van der Waals surface area contributed by atoms with Crippen molar-refractivity contribution in [3.05, 3.63) is 0 Å². The zero-order valence-electron chi connectivity index (χ0n) is 4.73. The fraction of sp³-hybridized carbons (Fsp3) is 0.750. The van der Waals surface area contributed by atoms with Crippen molar-refractivity contribution in [3.8, 4) is 0 Å². The van der Waals surface area contributed by atoms with Crippen LogP contribution in [0.3, 0.4) is 0 Å². The summed E-state index contributed by atoms with van der Waals surface area (Å²) in [5.74, 6) is -0.961. The van der Waals surface area contributed by atoms with E-state index in [1.54, 1.807) is 6.92 Å². The first-order valence-electron chi connectivity index (χ1n) is 1.97. The van der Waals surface area contributed by atoms with Crippen LogP contribution in [0.15, 0.2) is 0 Å². The Kier molecular flexibility index (Phi) is 23.6.